The van der Waals surface area contributed by atoms with Crippen molar-refractivity contribution in [3.05, 3.63) is 29.3 Å². The fourth-order valence-corrected chi connectivity index (χ4v) is 1.09. The molecule has 0 atom stereocenters. The first-order chi connectivity index (χ1) is 5.66. The van der Waals surface area contributed by atoms with Crippen molar-refractivity contribution in [3.8, 4) is 0 Å². The number of nitrogens with two attached hydrogens (primary N) is 2. The second-order valence-corrected chi connectivity index (χ2v) is 2.52. The fourth-order valence-electron chi connectivity index (χ4n) is 1.09. The van der Waals surface area contributed by atoms with E-state index in [0.717, 1.165) is 5.56 Å². The average molecular weight is 165 g/mol. The molecule has 1 aromatic rings. The van der Waals surface area contributed by atoms with Crippen LogP contribution in [-0.4, -0.2) is 11.0 Å². The summed E-state index contributed by atoms with van der Waals surface area (Å²) in [5.41, 5.74) is 13.1. The first-order valence-corrected chi connectivity index (χ1v) is 3.49. The zero-order valence-electron chi connectivity index (χ0n) is 6.78. The van der Waals surface area contributed by atoms with Crippen molar-refractivity contribution in [2.24, 2.45) is 10.9 Å². The van der Waals surface area contributed by atoms with E-state index < -0.39 is 0 Å². The Balaban J connectivity index is 3.31. The Morgan fingerprint density at radius 3 is 2.67 bits per heavy atom. The maximum absolute atomic E-state index is 8.44. The van der Waals surface area contributed by atoms with Crippen molar-refractivity contribution in [1.82, 2.24) is 0 Å². The number of aryl methyl sites for hydroxylation is 1. The molecule has 0 saturated carbocycles. The third-order valence-corrected chi connectivity index (χ3v) is 1.67. The Bertz CT molecular complexity index is 300. The van der Waals surface area contributed by atoms with Crippen LogP contribution in [0.2, 0.25) is 0 Å². The normalized spacial score (nSPS) is 11.6. The van der Waals surface area contributed by atoms with E-state index in [1.165, 1.54) is 0 Å². The second-order valence-electron chi connectivity index (χ2n) is 2.52. The summed E-state index contributed by atoms with van der Waals surface area (Å²) in [5, 5.41) is 11.3. The Kier molecular flexibility index (Phi) is 2.19. The number of hydrogen-bond donors (Lipinski definition) is 3. The van der Waals surface area contributed by atoms with Crippen LogP contribution in [-0.2, 0) is 0 Å². The minimum absolute atomic E-state index is 0.0469. The van der Waals surface area contributed by atoms with Crippen LogP contribution in [0.4, 0.5) is 5.69 Å². The van der Waals surface area contributed by atoms with Gasteiger partial charge in [-0.2, -0.15) is 0 Å². The standard InChI is InChI=1S/C8H11N3O/c1-5-3-2-4-6(9)7(5)8(10)11-12/h2-4,12H,9H2,1H3,(H2,10,11). The molecule has 0 unspecified atom stereocenters. The summed E-state index contributed by atoms with van der Waals surface area (Å²) in [5.74, 6) is 0.0469. The van der Waals surface area contributed by atoms with Gasteiger partial charge in [-0.05, 0) is 18.6 Å². The van der Waals surface area contributed by atoms with Crippen LogP contribution in [0.3, 0.4) is 0 Å². The third kappa shape index (κ3) is 1.32. The minimum atomic E-state index is 0.0469. The van der Waals surface area contributed by atoms with E-state index in [1.54, 1.807) is 6.07 Å². The van der Waals surface area contributed by atoms with Gasteiger partial charge in [-0.3, -0.25) is 0 Å². The molecule has 4 nitrogen and oxygen atoms in total. The van der Waals surface area contributed by atoms with Crippen LogP contribution in [0.5, 0.6) is 0 Å². The molecule has 0 amide bonds. The van der Waals surface area contributed by atoms with Gasteiger partial charge in [-0.1, -0.05) is 17.3 Å². The van der Waals surface area contributed by atoms with Crippen LogP contribution in [0.15, 0.2) is 23.4 Å². The fraction of sp³-hybridized carbons (Fsp3) is 0.125. The predicted octanol–water partition coefficient (Wildman–Crippen LogP) is 0.672. The quantitative estimate of drug-likeness (QED) is 0.188. The van der Waals surface area contributed by atoms with E-state index in [-0.39, 0.29) is 5.84 Å². The molecule has 0 aromatic heterocycles. The number of amidine groups is 1. The molecular formula is C8H11N3O. The zero-order valence-corrected chi connectivity index (χ0v) is 6.78. The molecule has 4 heteroatoms. The highest BCUT2D eigenvalue weighted by Gasteiger charge is 2.06. The van der Waals surface area contributed by atoms with E-state index >= 15 is 0 Å². The molecule has 0 aliphatic heterocycles. The summed E-state index contributed by atoms with van der Waals surface area (Å²) in [6.45, 7) is 1.85. The van der Waals surface area contributed by atoms with Crippen molar-refractivity contribution >= 4 is 11.5 Å². The van der Waals surface area contributed by atoms with Crippen LogP contribution in [0.25, 0.3) is 0 Å². The summed E-state index contributed by atoms with van der Waals surface area (Å²) >= 11 is 0. The van der Waals surface area contributed by atoms with Crippen LogP contribution >= 0.6 is 0 Å². The summed E-state index contributed by atoms with van der Waals surface area (Å²) in [6, 6.07) is 5.38. The molecule has 64 valence electrons. The van der Waals surface area contributed by atoms with Crippen molar-refractivity contribution in [1.29, 1.82) is 0 Å². The highest BCUT2D eigenvalue weighted by molar-refractivity contribution is 6.02. The topological polar surface area (TPSA) is 84.6 Å². The maximum atomic E-state index is 8.44. The van der Waals surface area contributed by atoms with Gasteiger partial charge < -0.3 is 16.7 Å². The van der Waals surface area contributed by atoms with E-state index in [4.69, 9.17) is 16.7 Å². The first kappa shape index (κ1) is 8.39. The maximum Gasteiger partial charge on any atom is 0.172 e. The smallest absolute Gasteiger partial charge is 0.172 e. The monoisotopic (exact) mass is 165 g/mol. The predicted molar refractivity (Wildman–Crippen MR) is 48.1 cm³/mol. The second kappa shape index (κ2) is 3.13. The van der Waals surface area contributed by atoms with Crippen molar-refractivity contribution in [3.63, 3.8) is 0 Å². The zero-order chi connectivity index (χ0) is 9.14. The molecule has 0 heterocycles. The van der Waals surface area contributed by atoms with E-state index in [1.807, 2.05) is 19.1 Å². The molecule has 12 heavy (non-hydrogen) atoms. The molecule has 0 aliphatic carbocycles. The number of anilines is 1. The first-order valence-electron chi connectivity index (χ1n) is 3.49. The Hall–Kier alpha value is -1.71. The van der Waals surface area contributed by atoms with E-state index in [0.29, 0.717) is 11.3 Å². The van der Waals surface area contributed by atoms with E-state index in [2.05, 4.69) is 5.16 Å². The number of oxime groups is 1. The highest BCUT2D eigenvalue weighted by atomic mass is 16.4. The van der Waals surface area contributed by atoms with Crippen LogP contribution < -0.4 is 11.5 Å². The molecule has 0 aliphatic rings. The molecule has 5 N–H and O–H groups in total. The Labute approximate surface area is 70.5 Å². The molecule has 0 saturated heterocycles. The lowest BCUT2D eigenvalue weighted by Crippen LogP contribution is -2.16. The Morgan fingerprint density at radius 2 is 2.17 bits per heavy atom. The van der Waals surface area contributed by atoms with Gasteiger partial charge in [0.25, 0.3) is 0 Å². The number of rotatable bonds is 1. The number of benzene rings is 1. The molecule has 1 rings (SSSR count). The Morgan fingerprint density at radius 1 is 1.50 bits per heavy atom. The van der Waals surface area contributed by atoms with Crippen molar-refractivity contribution < 1.29 is 5.21 Å². The van der Waals surface area contributed by atoms with Gasteiger partial charge in [0.1, 0.15) is 0 Å². The lowest BCUT2D eigenvalue weighted by atomic mass is 10.1. The van der Waals surface area contributed by atoms with Gasteiger partial charge >= 0.3 is 0 Å². The molecule has 0 radical (unpaired) electrons. The van der Waals surface area contributed by atoms with Gasteiger partial charge in [0, 0.05) is 11.3 Å². The van der Waals surface area contributed by atoms with E-state index in [9.17, 15) is 0 Å². The van der Waals surface area contributed by atoms with Gasteiger partial charge in [-0.15, -0.1) is 0 Å². The summed E-state index contributed by atoms with van der Waals surface area (Å²) < 4.78 is 0. The largest absolute Gasteiger partial charge is 0.409 e. The van der Waals surface area contributed by atoms with Gasteiger partial charge in [-0.25, -0.2) is 0 Å². The third-order valence-electron chi connectivity index (χ3n) is 1.67. The highest BCUT2D eigenvalue weighted by Crippen LogP contribution is 2.15. The van der Waals surface area contributed by atoms with Gasteiger partial charge in [0.15, 0.2) is 5.84 Å². The summed E-state index contributed by atoms with van der Waals surface area (Å²) in [4.78, 5) is 0. The van der Waals surface area contributed by atoms with Crippen LogP contribution in [0, 0.1) is 6.92 Å². The number of hydrogen-bond acceptors (Lipinski definition) is 3. The SMILES string of the molecule is Cc1cccc(N)c1/C(N)=N/O. The lowest BCUT2D eigenvalue weighted by molar-refractivity contribution is 0.318. The average Bonchev–Trinajstić information content (AvgIpc) is 2.03. The van der Waals surface area contributed by atoms with Crippen molar-refractivity contribution in [2.45, 2.75) is 6.92 Å². The summed E-state index contributed by atoms with van der Waals surface area (Å²) in [6.07, 6.45) is 0. The lowest BCUT2D eigenvalue weighted by Gasteiger charge is -2.06. The van der Waals surface area contributed by atoms with Gasteiger partial charge in [0.05, 0.1) is 0 Å². The molecule has 0 spiro atoms. The minimum Gasteiger partial charge on any atom is -0.409 e. The molecule has 0 bridgehead atoms. The molecule has 0 fully saturated rings. The molecular weight excluding hydrogens is 154 g/mol. The summed E-state index contributed by atoms with van der Waals surface area (Å²) in [7, 11) is 0. The van der Waals surface area contributed by atoms with Crippen molar-refractivity contribution in [2.75, 3.05) is 5.73 Å². The van der Waals surface area contributed by atoms with Crippen LogP contribution in [0.1, 0.15) is 11.1 Å². The number of nitrogen functional groups attached to an aromatic ring is 1. The number of nitrogens with zero attached hydrogens (tertiary/aromatic N) is 1. The van der Waals surface area contributed by atoms with Gasteiger partial charge in [0.2, 0.25) is 0 Å². The molecule has 1 aromatic carbocycles.